The third kappa shape index (κ3) is 1.56. The van der Waals surface area contributed by atoms with Gasteiger partial charge >= 0.3 is 0 Å². The highest BCUT2D eigenvalue weighted by Gasteiger charge is 2.32. The van der Waals surface area contributed by atoms with Gasteiger partial charge in [-0.25, -0.2) is 4.39 Å². The number of hydrogen-bond acceptors (Lipinski definition) is 2. The Morgan fingerprint density at radius 1 is 1.62 bits per heavy atom. The standard InChI is InChI=1S/C10H13FN2/c1-13-6-4-9(11)10(13)8-3-2-5-12-7-8/h2-3,5,7,9-10H,4,6H2,1H3/t9?,10-/m1/s1. The number of aromatic nitrogens is 1. The molecule has 1 saturated heterocycles. The summed E-state index contributed by atoms with van der Waals surface area (Å²) in [6, 6.07) is 3.70. The highest BCUT2D eigenvalue weighted by Crippen LogP contribution is 2.32. The van der Waals surface area contributed by atoms with Crippen LogP contribution < -0.4 is 0 Å². The minimum absolute atomic E-state index is 0.0892. The fourth-order valence-corrected chi connectivity index (χ4v) is 1.91. The third-order valence-electron chi connectivity index (χ3n) is 2.60. The average Bonchev–Trinajstić information content (AvgIpc) is 2.48. The Hall–Kier alpha value is -0.960. The van der Waals surface area contributed by atoms with Crippen molar-refractivity contribution in [3.63, 3.8) is 0 Å². The van der Waals surface area contributed by atoms with Crippen molar-refractivity contribution in [3.8, 4) is 0 Å². The number of pyridine rings is 1. The first-order valence-electron chi connectivity index (χ1n) is 4.53. The highest BCUT2D eigenvalue weighted by molar-refractivity contribution is 5.17. The van der Waals surface area contributed by atoms with Crippen LogP contribution >= 0.6 is 0 Å². The largest absolute Gasteiger partial charge is 0.297 e. The average molecular weight is 180 g/mol. The Balaban J connectivity index is 2.25. The van der Waals surface area contributed by atoms with Crippen LogP contribution in [0.15, 0.2) is 24.5 Å². The second-order valence-corrected chi connectivity index (χ2v) is 3.52. The van der Waals surface area contributed by atoms with Crippen LogP contribution in [0.1, 0.15) is 18.0 Å². The summed E-state index contributed by atoms with van der Waals surface area (Å²) >= 11 is 0. The highest BCUT2D eigenvalue weighted by atomic mass is 19.1. The molecule has 0 saturated carbocycles. The van der Waals surface area contributed by atoms with Crippen LogP contribution in [-0.2, 0) is 0 Å². The molecule has 0 aliphatic carbocycles. The molecule has 1 aromatic rings. The lowest BCUT2D eigenvalue weighted by atomic mass is 10.1. The topological polar surface area (TPSA) is 16.1 Å². The van der Waals surface area contributed by atoms with Gasteiger partial charge in [0.1, 0.15) is 6.17 Å². The Labute approximate surface area is 77.4 Å². The van der Waals surface area contributed by atoms with E-state index >= 15 is 0 Å². The minimum Gasteiger partial charge on any atom is -0.297 e. The molecule has 0 amide bonds. The maximum Gasteiger partial charge on any atom is 0.121 e. The van der Waals surface area contributed by atoms with Crippen LogP contribution in [0.5, 0.6) is 0 Å². The molecule has 1 fully saturated rings. The molecule has 0 spiro atoms. The Kier molecular flexibility index (Phi) is 2.27. The summed E-state index contributed by atoms with van der Waals surface area (Å²) in [6.07, 6.45) is 3.36. The number of likely N-dealkylation sites (tertiary alicyclic amines) is 1. The van der Waals surface area contributed by atoms with Gasteiger partial charge in [0, 0.05) is 18.9 Å². The van der Waals surface area contributed by atoms with Crippen molar-refractivity contribution in [3.05, 3.63) is 30.1 Å². The first kappa shape index (κ1) is 8.63. The molecule has 0 bridgehead atoms. The van der Waals surface area contributed by atoms with Crippen LogP contribution in [-0.4, -0.2) is 29.6 Å². The van der Waals surface area contributed by atoms with E-state index < -0.39 is 6.17 Å². The molecule has 2 nitrogen and oxygen atoms in total. The molecule has 1 aliphatic rings. The fraction of sp³-hybridized carbons (Fsp3) is 0.500. The molecule has 2 rings (SSSR count). The Bertz CT molecular complexity index is 266. The molecule has 70 valence electrons. The van der Waals surface area contributed by atoms with Gasteiger partial charge in [0.05, 0.1) is 6.04 Å². The summed E-state index contributed by atoms with van der Waals surface area (Å²) in [4.78, 5) is 6.05. The number of rotatable bonds is 1. The Morgan fingerprint density at radius 3 is 3.00 bits per heavy atom. The summed E-state index contributed by atoms with van der Waals surface area (Å²) in [6.45, 7) is 0.834. The third-order valence-corrected chi connectivity index (χ3v) is 2.60. The van der Waals surface area contributed by atoms with Crippen molar-refractivity contribution in [2.24, 2.45) is 0 Å². The van der Waals surface area contributed by atoms with Crippen LogP contribution in [0.3, 0.4) is 0 Å². The summed E-state index contributed by atoms with van der Waals surface area (Å²) in [5, 5.41) is 0. The first-order chi connectivity index (χ1) is 6.29. The minimum atomic E-state index is -0.741. The molecule has 2 atom stereocenters. The maximum absolute atomic E-state index is 13.5. The maximum atomic E-state index is 13.5. The molecular weight excluding hydrogens is 167 g/mol. The van der Waals surface area contributed by atoms with E-state index in [4.69, 9.17) is 0 Å². The van der Waals surface area contributed by atoms with Crippen molar-refractivity contribution in [1.82, 2.24) is 9.88 Å². The van der Waals surface area contributed by atoms with E-state index in [1.54, 1.807) is 12.4 Å². The van der Waals surface area contributed by atoms with Crippen LogP contribution in [0.2, 0.25) is 0 Å². The normalized spacial score (nSPS) is 29.4. The molecule has 1 aliphatic heterocycles. The monoisotopic (exact) mass is 180 g/mol. The van der Waals surface area contributed by atoms with E-state index in [1.807, 2.05) is 24.1 Å². The van der Waals surface area contributed by atoms with Gasteiger partial charge in [0.2, 0.25) is 0 Å². The summed E-state index contributed by atoms with van der Waals surface area (Å²) in [5.74, 6) is 0. The van der Waals surface area contributed by atoms with Gasteiger partial charge in [-0.15, -0.1) is 0 Å². The lowest BCUT2D eigenvalue weighted by molar-refractivity contribution is 0.225. The van der Waals surface area contributed by atoms with E-state index in [9.17, 15) is 4.39 Å². The number of hydrogen-bond donors (Lipinski definition) is 0. The second-order valence-electron chi connectivity index (χ2n) is 3.52. The predicted molar refractivity (Wildman–Crippen MR) is 49.1 cm³/mol. The quantitative estimate of drug-likeness (QED) is 0.655. The number of nitrogens with zero attached hydrogens (tertiary/aromatic N) is 2. The summed E-state index contributed by atoms with van der Waals surface area (Å²) in [7, 11) is 1.96. The zero-order chi connectivity index (χ0) is 9.26. The lowest BCUT2D eigenvalue weighted by Crippen LogP contribution is -2.21. The summed E-state index contributed by atoms with van der Waals surface area (Å²) in [5.41, 5.74) is 0.981. The smallest absolute Gasteiger partial charge is 0.121 e. The van der Waals surface area contributed by atoms with E-state index in [0.29, 0.717) is 6.42 Å². The lowest BCUT2D eigenvalue weighted by Gasteiger charge is -2.20. The van der Waals surface area contributed by atoms with E-state index in [0.717, 1.165) is 12.1 Å². The molecule has 1 unspecified atom stereocenters. The molecule has 3 heteroatoms. The fourth-order valence-electron chi connectivity index (χ4n) is 1.91. The van der Waals surface area contributed by atoms with E-state index in [1.165, 1.54) is 0 Å². The van der Waals surface area contributed by atoms with Crippen molar-refractivity contribution in [2.45, 2.75) is 18.6 Å². The van der Waals surface area contributed by atoms with Crippen LogP contribution in [0.4, 0.5) is 4.39 Å². The van der Waals surface area contributed by atoms with E-state index in [2.05, 4.69) is 4.98 Å². The molecule has 0 N–H and O–H groups in total. The van der Waals surface area contributed by atoms with Crippen molar-refractivity contribution in [2.75, 3.05) is 13.6 Å². The van der Waals surface area contributed by atoms with Gasteiger partial charge in [0.15, 0.2) is 0 Å². The molecule has 2 heterocycles. The van der Waals surface area contributed by atoms with E-state index in [-0.39, 0.29) is 6.04 Å². The molecule has 13 heavy (non-hydrogen) atoms. The zero-order valence-electron chi connectivity index (χ0n) is 7.65. The van der Waals surface area contributed by atoms with Gasteiger partial charge in [-0.1, -0.05) is 6.07 Å². The predicted octanol–water partition coefficient (Wildman–Crippen LogP) is 1.80. The summed E-state index contributed by atoms with van der Waals surface area (Å²) < 4.78 is 13.5. The van der Waals surface area contributed by atoms with Crippen molar-refractivity contribution < 1.29 is 4.39 Å². The van der Waals surface area contributed by atoms with Gasteiger partial charge < -0.3 is 0 Å². The molecule has 1 aromatic heterocycles. The second kappa shape index (κ2) is 3.42. The number of halogens is 1. The van der Waals surface area contributed by atoms with Gasteiger partial charge in [-0.05, 0) is 25.1 Å². The van der Waals surface area contributed by atoms with Crippen LogP contribution in [0, 0.1) is 0 Å². The Morgan fingerprint density at radius 2 is 2.46 bits per heavy atom. The molecular formula is C10H13FN2. The SMILES string of the molecule is CN1CCC(F)[C@H]1c1cccnc1. The van der Waals surface area contributed by atoms with Crippen LogP contribution in [0.25, 0.3) is 0 Å². The van der Waals surface area contributed by atoms with Gasteiger partial charge in [-0.3, -0.25) is 9.88 Å². The van der Waals surface area contributed by atoms with Gasteiger partial charge in [0.25, 0.3) is 0 Å². The van der Waals surface area contributed by atoms with Crippen molar-refractivity contribution in [1.29, 1.82) is 0 Å². The zero-order valence-corrected chi connectivity index (χ0v) is 7.65. The first-order valence-corrected chi connectivity index (χ1v) is 4.53. The molecule has 0 radical (unpaired) electrons. The van der Waals surface area contributed by atoms with Gasteiger partial charge in [-0.2, -0.15) is 0 Å². The number of alkyl halides is 1. The van der Waals surface area contributed by atoms with Crippen molar-refractivity contribution >= 4 is 0 Å². The molecule has 0 aromatic carbocycles.